The predicted molar refractivity (Wildman–Crippen MR) is 77.1 cm³/mol. The number of aromatic nitrogens is 1. The molecule has 0 saturated carbocycles. The molecule has 0 atom stereocenters. The zero-order chi connectivity index (χ0) is 14.0. The molecule has 0 fully saturated rings. The van der Waals surface area contributed by atoms with Gasteiger partial charge in [-0.25, -0.2) is 4.98 Å². The highest BCUT2D eigenvalue weighted by molar-refractivity contribution is 9.10. The number of benzene rings is 1. The summed E-state index contributed by atoms with van der Waals surface area (Å²) in [7, 11) is 0. The van der Waals surface area contributed by atoms with Gasteiger partial charge in [-0.05, 0) is 41.1 Å². The Labute approximate surface area is 118 Å². The SMILES string of the molecule is Cc1c(O)cccc1C(=O)Nc1ncc(N)cc1Br. The largest absolute Gasteiger partial charge is 0.508 e. The number of pyridine rings is 1. The number of carbonyl (C=O) groups excluding carboxylic acids is 1. The molecular weight excluding hydrogens is 310 g/mol. The molecule has 4 N–H and O–H groups in total. The lowest BCUT2D eigenvalue weighted by Gasteiger charge is -2.09. The Morgan fingerprint density at radius 2 is 2.21 bits per heavy atom. The first kappa shape index (κ1) is 13.4. The maximum absolute atomic E-state index is 12.1. The number of aromatic hydroxyl groups is 1. The summed E-state index contributed by atoms with van der Waals surface area (Å²) in [5.41, 5.74) is 6.99. The molecule has 19 heavy (non-hydrogen) atoms. The number of phenols is 1. The summed E-state index contributed by atoms with van der Waals surface area (Å²) >= 11 is 3.27. The Kier molecular flexibility index (Phi) is 3.71. The zero-order valence-electron chi connectivity index (χ0n) is 10.1. The minimum absolute atomic E-state index is 0.0805. The van der Waals surface area contributed by atoms with E-state index in [9.17, 15) is 9.90 Å². The molecule has 0 aliphatic heterocycles. The highest BCUT2D eigenvalue weighted by atomic mass is 79.9. The van der Waals surface area contributed by atoms with E-state index in [1.165, 1.54) is 12.3 Å². The number of hydrogen-bond acceptors (Lipinski definition) is 4. The second-order valence-electron chi connectivity index (χ2n) is 4.00. The Balaban J connectivity index is 2.28. The molecule has 0 saturated heterocycles. The Hall–Kier alpha value is -2.08. The molecule has 1 amide bonds. The molecular formula is C13H12BrN3O2. The van der Waals surface area contributed by atoms with Crippen LogP contribution in [0.15, 0.2) is 34.9 Å². The summed E-state index contributed by atoms with van der Waals surface area (Å²) in [6, 6.07) is 6.43. The van der Waals surface area contributed by atoms with E-state index in [1.807, 2.05) is 0 Å². The molecule has 0 bridgehead atoms. The number of phenolic OH excluding ortho intramolecular Hbond substituents is 1. The first-order chi connectivity index (χ1) is 8.99. The zero-order valence-corrected chi connectivity index (χ0v) is 11.7. The molecule has 2 rings (SSSR count). The van der Waals surface area contributed by atoms with Crippen LogP contribution in [0.2, 0.25) is 0 Å². The number of amides is 1. The summed E-state index contributed by atoms with van der Waals surface area (Å²) in [4.78, 5) is 16.1. The Morgan fingerprint density at radius 3 is 2.89 bits per heavy atom. The van der Waals surface area contributed by atoms with E-state index in [-0.39, 0.29) is 11.7 Å². The van der Waals surface area contributed by atoms with Crippen molar-refractivity contribution in [2.45, 2.75) is 6.92 Å². The van der Waals surface area contributed by atoms with Gasteiger partial charge >= 0.3 is 0 Å². The second kappa shape index (κ2) is 5.27. The first-order valence-corrected chi connectivity index (χ1v) is 6.29. The first-order valence-electron chi connectivity index (χ1n) is 5.50. The van der Waals surface area contributed by atoms with Gasteiger partial charge in [-0.3, -0.25) is 4.79 Å². The second-order valence-corrected chi connectivity index (χ2v) is 4.86. The molecule has 5 nitrogen and oxygen atoms in total. The maximum atomic E-state index is 12.1. The van der Waals surface area contributed by atoms with Crippen LogP contribution in [-0.2, 0) is 0 Å². The van der Waals surface area contributed by atoms with Gasteiger partial charge in [0.2, 0.25) is 0 Å². The van der Waals surface area contributed by atoms with E-state index in [0.29, 0.717) is 27.1 Å². The molecule has 0 unspecified atom stereocenters. The van der Waals surface area contributed by atoms with Crippen LogP contribution in [0.3, 0.4) is 0 Å². The number of nitrogens with one attached hydrogen (secondary N) is 1. The summed E-state index contributed by atoms with van der Waals surface area (Å²) in [5.74, 6) is 0.116. The Bertz CT molecular complexity index is 644. The van der Waals surface area contributed by atoms with E-state index in [0.717, 1.165) is 0 Å². The van der Waals surface area contributed by atoms with Crippen molar-refractivity contribution in [2.24, 2.45) is 0 Å². The van der Waals surface area contributed by atoms with E-state index in [2.05, 4.69) is 26.2 Å². The van der Waals surface area contributed by atoms with Gasteiger partial charge < -0.3 is 16.2 Å². The van der Waals surface area contributed by atoms with Crippen molar-refractivity contribution >= 4 is 33.3 Å². The van der Waals surface area contributed by atoms with Gasteiger partial charge in [-0.1, -0.05) is 6.07 Å². The number of hydrogen-bond donors (Lipinski definition) is 3. The van der Waals surface area contributed by atoms with Crippen molar-refractivity contribution in [3.63, 3.8) is 0 Å². The lowest BCUT2D eigenvalue weighted by atomic mass is 10.1. The van der Waals surface area contributed by atoms with E-state index in [1.54, 1.807) is 25.1 Å². The van der Waals surface area contributed by atoms with Crippen LogP contribution < -0.4 is 11.1 Å². The van der Waals surface area contributed by atoms with Crippen molar-refractivity contribution in [1.29, 1.82) is 0 Å². The third kappa shape index (κ3) is 2.85. The molecule has 98 valence electrons. The number of nitrogen functional groups attached to an aromatic ring is 1. The van der Waals surface area contributed by atoms with Crippen LogP contribution in [0.5, 0.6) is 5.75 Å². The number of anilines is 2. The van der Waals surface area contributed by atoms with Crippen LogP contribution in [0, 0.1) is 6.92 Å². The van der Waals surface area contributed by atoms with Crippen LogP contribution in [0.25, 0.3) is 0 Å². The molecule has 1 aromatic heterocycles. The van der Waals surface area contributed by atoms with Crippen LogP contribution in [-0.4, -0.2) is 16.0 Å². The number of rotatable bonds is 2. The van der Waals surface area contributed by atoms with Crippen LogP contribution in [0.4, 0.5) is 11.5 Å². The smallest absolute Gasteiger partial charge is 0.257 e. The Morgan fingerprint density at radius 1 is 1.47 bits per heavy atom. The molecule has 0 spiro atoms. The maximum Gasteiger partial charge on any atom is 0.257 e. The number of halogens is 1. The molecule has 6 heteroatoms. The lowest BCUT2D eigenvalue weighted by Crippen LogP contribution is -2.14. The summed E-state index contributed by atoms with van der Waals surface area (Å²) in [6.07, 6.45) is 1.45. The third-order valence-electron chi connectivity index (χ3n) is 2.64. The van der Waals surface area contributed by atoms with E-state index >= 15 is 0 Å². The number of nitrogens with zero attached hydrogens (tertiary/aromatic N) is 1. The fourth-order valence-corrected chi connectivity index (χ4v) is 2.05. The monoisotopic (exact) mass is 321 g/mol. The molecule has 1 aromatic carbocycles. The summed E-state index contributed by atoms with van der Waals surface area (Å²) in [5, 5.41) is 12.2. The minimum Gasteiger partial charge on any atom is -0.508 e. The van der Waals surface area contributed by atoms with Gasteiger partial charge in [0, 0.05) is 11.1 Å². The lowest BCUT2D eigenvalue weighted by molar-refractivity contribution is 0.102. The predicted octanol–water partition coefficient (Wildman–Crippen LogP) is 2.69. The van der Waals surface area contributed by atoms with Gasteiger partial charge in [0.05, 0.1) is 16.4 Å². The fourth-order valence-electron chi connectivity index (χ4n) is 1.59. The molecule has 0 aliphatic rings. The molecule has 1 heterocycles. The third-order valence-corrected chi connectivity index (χ3v) is 3.25. The molecule has 0 radical (unpaired) electrons. The quantitative estimate of drug-likeness (QED) is 0.793. The molecule has 2 aromatic rings. The van der Waals surface area contributed by atoms with Crippen molar-refractivity contribution < 1.29 is 9.90 Å². The minimum atomic E-state index is -0.341. The average Bonchev–Trinajstić information content (AvgIpc) is 2.36. The van der Waals surface area contributed by atoms with Gasteiger partial charge in [-0.15, -0.1) is 0 Å². The highest BCUT2D eigenvalue weighted by Gasteiger charge is 2.13. The molecule has 0 aliphatic carbocycles. The normalized spacial score (nSPS) is 10.2. The topological polar surface area (TPSA) is 88.2 Å². The number of carbonyl (C=O) groups is 1. The standard InChI is InChI=1S/C13H12BrN3O2/c1-7-9(3-2-4-11(7)18)13(19)17-12-10(14)5-8(15)6-16-12/h2-6,18H,15H2,1H3,(H,16,17,19). The van der Waals surface area contributed by atoms with Crippen molar-refractivity contribution in [2.75, 3.05) is 11.1 Å². The van der Waals surface area contributed by atoms with Gasteiger partial charge in [0.25, 0.3) is 5.91 Å². The summed E-state index contributed by atoms with van der Waals surface area (Å²) < 4.78 is 0.596. The van der Waals surface area contributed by atoms with E-state index in [4.69, 9.17) is 5.73 Å². The van der Waals surface area contributed by atoms with Crippen LogP contribution >= 0.6 is 15.9 Å². The van der Waals surface area contributed by atoms with Crippen molar-refractivity contribution in [1.82, 2.24) is 4.98 Å². The van der Waals surface area contributed by atoms with Crippen LogP contribution in [0.1, 0.15) is 15.9 Å². The fraction of sp³-hybridized carbons (Fsp3) is 0.0769. The number of nitrogens with two attached hydrogens (primary N) is 1. The van der Waals surface area contributed by atoms with Gasteiger partial charge in [-0.2, -0.15) is 0 Å². The van der Waals surface area contributed by atoms with Gasteiger partial charge in [0.15, 0.2) is 0 Å². The van der Waals surface area contributed by atoms with Crippen molar-refractivity contribution in [3.05, 3.63) is 46.1 Å². The summed E-state index contributed by atoms with van der Waals surface area (Å²) in [6.45, 7) is 1.68. The average molecular weight is 322 g/mol. The van der Waals surface area contributed by atoms with Crippen molar-refractivity contribution in [3.8, 4) is 5.75 Å². The highest BCUT2D eigenvalue weighted by Crippen LogP contribution is 2.24. The van der Waals surface area contributed by atoms with Gasteiger partial charge in [0.1, 0.15) is 11.6 Å². The van der Waals surface area contributed by atoms with E-state index < -0.39 is 0 Å².